The lowest BCUT2D eigenvalue weighted by Gasteiger charge is -2.20. The van der Waals surface area contributed by atoms with Crippen LogP contribution in [0.15, 0.2) is 114 Å². The second-order valence-electron chi connectivity index (χ2n) is 7.27. The van der Waals surface area contributed by atoms with Crippen LogP contribution in [-0.2, 0) is 10.0 Å². The highest BCUT2D eigenvalue weighted by atomic mass is 32.2. The van der Waals surface area contributed by atoms with Gasteiger partial charge in [0.2, 0.25) is 10.0 Å². The first-order valence-corrected chi connectivity index (χ1v) is 11.3. The molecule has 1 unspecified atom stereocenters. The SMILES string of the molecule is Cc1ccc(S(=O)(=O)NC(c2ccccc2)c2ccc(-c3ccccc3)cc2)cc1. The fourth-order valence-electron chi connectivity index (χ4n) is 3.41. The van der Waals surface area contributed by atoms with E-state index in [-0.39, 0.29) is 4.90 Å². The van der Waals surface area contributed by atoms with E-state index < -0.39 is 16.1 Å². The maximum atomic E-state index is 13.1. The number of nitrogens with one attached hydrogen (secondary N) is 1. The third-order valence-corrected chi connectivity index (χ3v) is 6.53. The minimum atomic E-state index is -3.68. The van der Waals surface area contributed by atoms with E-state index in [1.54, 1.807) is 24.3 Å². The lowest BCUT2D eigenvalue weighted by molar-refractivity contribution is 0.572. The topological polar surface area (TPSA) is 46.2 Å². The maximum absolute atomic E-state index is 13.1. The first-order chi connectivity index (χ1) is 14.5. The van der Waals surface area contributed by atoms with Crippen molar-refractivity contribution in [1.82, 2.24) is 4.72 Å². The fourth-order valence-corrected chi connectivity index (χ4v) is 4.63. The van der Waals surface area contributed by atoms with Gasteiger partial charge in [-0.3, -0.25) is 0 Å². The zero-order valence-electron chi connectivity index (χ0n) is 16.7. The summed E-state index contributed by atoms with van der Waals surface area (Å²) < 4.78 is 29.0. The second-order valence-corrected chi connectivity index (χ2v) is 8.98. The van der Waals surface area contributed by atoms with Crippen molar-refractivity contribution in [2.45, 2.75) is 17.9 Å². The zero-order chi connectivity index (χ0) is 21.0. The van der Waals surface area contributed by atoms with E-state index >= 15 is 0 Å². The summed E-state index contributed by atoms with van der Waals surface area (Å²) in [6, 6.07) is 34.2. The Labute approximate surface area is 178 Å². The predicted molar refractivity (Wildman–Crippen MR) is 122 cm³/mol. The van der Waals surface area contributed by atoms with Gasteiger partial charge in [-0.1, -0.05) is 103 Å². The molecular formula is C26H23NO2S. The molecule has 0 aliphatic carbocycles. The van der Waals surface area contributed by atoms with Gasteiger partial charge >= 0.3 is 0 Å². The van der Waals surface area contributed by atoms with Crippen LogP contribution in [0.25, 0.3) is 11.1 Å². The van der Waals surface area contributed by atoms with Crippen LogP contribution in [0.5, 0.6) is 0 Å². The Kier molecular flexibility index (Phi) is 5.79. The Bertz CT molecular complexity index is 1200. The van der Waals surface area contributed by atoms with Gasteiger partial charge in [0.15, 0.2) is 0 Å². The van der Waals surface area contributed by atoms with Crippen LogP contribution < -0.4 is 4.72 Å². The highest BCUT2D eigenvalue weighted by Gasteiger charge is 2.23. The summed E-state index contributed by atoms with van der Waals surface area (Å²) in [4.78, 5) is 0.259. The van der Waals surface area contributed by atoms with Crippen molar-refractivity contribution in [3.8, 4) is 11.1 Å². The Balaban J connectivity index is 1.70. The summed E-state index contributed by atoms with van der Waals surface area (Å²) >= 11 is 0. The summed E-state index contributed by atoms with van der Waals surface area (Å²) in [6.45, 7) is 1.94. The van der Waals surface area contributed by atoms with E-state index in [4.69, 9.17) is 0 Å². The summed E-state index contributed by atoms with van der Waals surface area (Å²) in [7, 11) is -3.68. The number of hydrogen-bond acceptors (Lipinski definition) is 2. The molecule has 0 amide bonds. The van der Waals surface area contributed by atoms with Gasteiger partial charge in [0.1, 0.15) is 0 Å². The van der Waals surface area contributed by atoms with Crippen LogP contribution in [0.1, 0.15) is 22.7 Å². The third kappa shape index (κ3) is 4.51. The third-order valence-electron chi connectivity index (χ3n) is 5.09. The van der Waals surface area contributed by atoms with Gasteiger partial charge in [-0.2, -0.15) is 4.72 Å². The van der Waals surface area contributed by atoms with E-state index in [2.05, 4.69) is 16.9 Å². The molecule has 4 aromatic rings. The minimum Gasteiger partial charge on any atom is -0.207 e. The van der Waals surface area contributed by atoms with E-state index in [0.717, 1.165) is 27.8 Å². The Morgan fingerprint density at radius 1 is 0.600 bits per heavy atom. The molecule has 4 aromatic carbocycles. The van der Waals surface area contributed by atoms with Gasteiger partial charge in [-0.15, -0.1) is 0 Å². The second kappa shape index (κ2) is 8.66. The molecule has 1 N–H and O–H groups in total. The summed E-state index contributed by atoms with van der Waals surface area (Å²) in [5.74, 6) is 0. The quantitative estimate of drug-likeness (QED) is 0.439. The lowest BCUT2D eigenvalue weighted by atomic mass is 9.97. The first-order valence-electron chi connectivity index (χ1n) is 9.82. The molecule has 0 saturated heterocycles. The summed E-state index contributed by atoms with van der Waals surface area (Å²) in [5, 5.41) is 0. The molecule has 0 spiro atoms. The van der Waals surface area contributed by atoms with Crippen LogP contribution in [0.4, 0.5) is 0 Å². The van der Waals surface area contributed by atoms with Crippen LogP contribution >= 0.6 is 0 Å². The number of sulfonamides is 1. The molecule has 4 heteroatoms. The molecule has 0 fully saturated rings. The number of benzene rings is 4. The molecule has 0 bridgehead atoms. The Morgan fingerprint density at radius 3 is 1.70 bits per heavy atom. The monoisotopic (exact) mass is 413 g/mol. The van der Waals surface area contributed by atoms with Gasteiger partial charge in [0.25, 0.3) is 0 Å². The zero-order valence-corrected chi connectivity index (χ0v) is 17.5. The minimum absolute atomic E-state index is 0.259. The van der Waals surface area contributed by atoms with Crippen molar-refractivity contribution in [2.75, 3.05) is 0 Å². The van der Waals surface area contributed by atoms with Gasteiger partial charge in [0.05, 0.1) is 10.9 Å². The van der Waals surface area contributed by atoms with E-state index in [9.17, 15) is 8.42 Å². The number of hydrogen-bond donors (Lipinski definition) is 1. The van der Waals surface area contributed by atoms with Crippen LogP contribution in [-0.4, -0.2) is 8.42 Å². The van der Waals surface area contributed by atoms with Crippen molar-refractivity contribution < 1.29 is 8.42 Å². The maximum Gasteiger partial charge on any atom is 0.241 e. The van der Waals surface area contributed by atoms with E-state index in [0.29, 0.717) is 0 Å². The molecular weight excluding hydrogens is 390 g/mol. The lowest BCUT2D eigenvalue weighted by Crippen LogP contribution is -2.29. The van der Waals surface area contributed by atoms with Crippen LogP contribution in [0.2, 0.25) is 0 Å². The molecule has 30 heavy (non-hydrogen) atoms. The van der Waals surface area contributed by atoms with Gasteiger partial charge in [-0.05, 0) is 41.3 Å². The molecule has 0 aromatic heterocycles. The van der Waals surface area contributed by atoms with E-state index in [1.807, 2.05) is 79.7 Å². The molecule has 3 nitrogen and oxygen atoms in total. The molecule has 1 atom stereocenters. The average molecular weight is 414 g/mol. The Hall–Kier alpha value is -3.21. The standard InChI is InChI=1S/C26H23NO2S/c1-20-12-18-25(19-13-20)30(28,29)27-26(23-10-6-3-7-11-23)24-16-14-22(15-17-24)21-8-4-2-5-9-21/h2-19,26-27H,1H3. The average Bonchev–Trinajstić information content (AvgIpc) is 2.79. The molecule has 4 rings (SSSR count). The molecule has 0 heterocycles. The highest BCUT2D eigenvalue weighted by molar-refractivity contribution is 7.89. The first kappa shape index (κ1) is 20.1. The number of aryl methyl sites for hydroxylation is 1. The van der Waals surface area contributed by atoms with E-state index in [1.165, 1.54) is 0 Å². The van der Waals surface area contributed by atoms with Gasteiger partial charge < -0.3 is 0 Å². The Morgan fingerprint density at radius 2 is 1.10 bits per heavy atom. The van der Waals surface area contributed by atoms with Crippen molar-refractivity contribution in [3.05, 3.63) is 126 Å². The van der Waals surface area contributed by atoms with Crippen LogP contribution in [0.3, 0.4) is 0 Å². The smallest absolute Gasteiger partial charge is 0.207 e. The fraction of sp³-hybridized carbons (Fsp3) is 0.0769. The number of rotatable bonds is 6. The molecule has 0 aliphatic rings. The molecule has 0 saturated carbocycles. The highest BCUT2D eigenvalue weighted by Crippen LogP contribution is 2.27. The normalized spacial score (nSPS) is 12.4. The van der Waals surface area contributed by atoms with Crippen molar-refractivity contribution >= 4 is 10.0 Å². The summed E-state index contributed by atoms with van der Waals surface area (Å²) in [6.07, 6.45) is 0. The summed E-state index contributed by atoms with van der Waals surface area (Å²) in [5.41, 5.74) is 5.01. The van der Waals surface area contributed by atoms with Crippen molar-refractivity contribution in [1.29, 1.82) is 0 Å². The van der Waals surface area contributed by atoms with Crippen molar-refractivity contribution in [3.63, 3.8) is 0 Å². The molecule has 0 aliphatic heterocycles. The van der Waals surface area contributed by atoms with Crippen molar-refractivity contribution in [2.24, 2.45) is 0 Å². The molecule has 150 valence electrons. The largest absolute Gasteiger partial charge is 0.241 e. The van der Waals surface area contributed by atoms with Gasteiger partial charge in [-0.25, -0.2) is 8.42 Å². The predicted octanol–water partition coefficient (Wildman–Crippen LogP) is 5.73. The van der Waals surface area contributed by atoms with Gasteiger partial charge in [0, 0.05) is 0 Å². The van der Waals surface area contributed by atoms with Crippen LogP contribution in [0, 0.1) is 6.92 Å². The molecule has 0 radical (unpaired) electrons.